The lowest BCUT2D eigenvalue weighted by Gasteiger charge is -2.29. The molecule has 2 aromatic carbocycles. The van der Waals surface area contributed by atoms with Gasteiger partial charge in [-0.1, -0.05) is 73.7 Å². The van der Waals surface area contributed by atoms with E-state index in [4.69, 9.17) is 0 Å². The first-order chi connectivity index (χ1) is 12.6. The third-order valence-corrected chi connectivity index (χ3v) is 4.46. The van der Waals surface area contributed by atoms with E-state index >= 15 is 0 Å². The van der Waals surface area contributed by atoms with Crippen molar-refractivity contribution in [2.45, 2.75) is 26.4 Å². The van der Waals surface area contributed by atoms with E-state index in [-0.39, 0.29) is 24.0 Å². The van der Waals surface area contributed by atoms with Crippen LogP contribution in [0.2, 0.25) is 0 Å². The van der Waals surface area contributed by atoms with Crippen LogP contribution in [0.3, 0.4) is 0 Å². The third-order valence-electron chi connectivity index (χ3n) is 4.46. The van der Waals surface area contributed by atoms with Crippen LogP contribution in [0.15, 0.2) is 83.8 Å². The number of amides is 1. The molecule has 2 N–H and O–H groups in total. The molecule has 4 heteroatoms. The average Bonchev–Trinajstić information content (AvgIpc) is 2.66. The molecule has 3 rings (SSSR count). The smallest absolute Gasteiger partial charge is 0.247 e. The van der Waals surface area contributed by atoms with Gasteiger partial charge < -0.3 is 15.7 Å². The van der Waals surface area contributed by atoms with Crippen LogP contribution in [0.1, 0.15) is 24.5 Å². The van der Waals surface area contributed by atoms with Crippen molar-refractivity contribution in [3.63, 3.8) is 0 Å². The zero-order valence-corrected chi connectivity index (χ0v) is 14.9. The topological polar surface area (TPSA) is 64.2 Å². The number of carbonyl (C=O) groups is 1. The highest BCUT2D eigenvalue weighted by Crippen LogP contribution is 2.25. The van der Waals surface area contributed by atoms with Crippen LogP contribution < -0.4 is 15.7 Å². The number of nitrogens with one attached hydrogen (secondary N) is 2. The molecule has 0 fully saturated rings. The van der Waals surface area contributed by atoms with E-state index in [0.29, 0.717) is 18.7 Å². The molecule has 0 spiro atoms. The van der Waals surface area contributed by atoms with Crippen LogP contribution in [-0.4, -0.2) is 5.91 Å². The van der Waals surface area contributed by atoms with Gasteiger partial charge in [-0.05, 0) is 17.5 Å². The molecule has 2 aromatic rings. The lowest BCUT2D eigenvalue weighted by Crippen LogP contribution is -2.33. The molecule has 0 saturated carbocycles. The summed E-state index contributed by atoms with van der Waals surface area (Å²) in [5.74, 6) is -0.587. The number of hydrogen-bond acceptors (Lipinski definition) is 3. The van der Waals surface area contributed by atoms with Crippen molar-refractivity contribution in [1.29, 1.82) is 0 Å². The van der Waals surface area contributed by atoms with Crippen LogP contribution in [0.5, 0.6) is 0 Å². The van der Waals surface area contributed by atoms with Crippen LogP contribution in [0.4, 0.5) is 0 Å². The Morgan fingerprint density at radius 3 is 2.15 bits per heavy atom. The standard InChI is InChI=1S/C22H24N2O2/c1-16-12-19(23-14-17-8-4-2-5-9-17)13-20(25)21(16)22(26)24-15-18-10-6-3-7-11-18/h2-12,16,23,25H,13-15H2,1H3,(H,24,26)/p-1. The SMILES string of the molecule is CC1C=C(NCc2ccccc2)CC([O-])=C1C(=O)NCc1ccccc1. The molecule has 134 valence electrons. The van der Waals surface area contributed by atoms with E-state index in [1.807, 2.05) is 73.7 Å². The summed E-state index contributed by atoms with van der Waals surface area (Å²) in [6.07, 6.45) is 2.22. The fourth-order valence-electron chi connectivity index (χ4n) is 3.11. The molecule has 0 aliphatic heterocycles. The maximum absolute atomic E-state index is 12.5. The quantitative estimate of drug-likeness (QED) is 0.844. The minimum atomic E-state index is -0.273. The summed E-state index contributed by atoms with van der Waals surface area (Å²) in [4.78, 5) is 12.5. The third kappa shape index (κ3) is 4.54. The maximum atomic E-state index is 12.5. The number of carbonyl (C=O) groups excluding carboxylic acids is 1. The molecule has 0 bridgehead atoms. The van der Waals surface area contributed by atoms with Gasteiger partial charge >= 0.3 is 0 Å². The minimum Gasteiger partial charge on any atom is -0.875 e. The van der Waals surface area contributed by atoms with E-state index in [2.05, 4.69) is 10.6 Å². The van der Waals surface area contributed by atoms with Crippen molar-refractivity contribution in [2.24, 2.45) is 5.92 Å². The number of rotatable bonds is 6. The second-order valence-corrected chi connectivity index (χ2v) is 6.50. The second-order valence-electron chi connectivity index (χ2n) is 6.50. The molecular weight excluding hydrogens is 324 g/mol. The highest BCUT2D eigenvalue weighted by Gasteiger charge is 2.21. The summed E-state index contributed by atoms with van der Waals surface area (Å²) >= 11 is 0. The summed E-state index contributed by atoms with van der Waals surface area (Å²) in [6.45, 7) is 2.98. The molecular formula is C22H23N2O2-. The second kappa shape index (κ2) is 8.39. The van der Waals surface area contributed by atoms with Gasteiger partial charge in [0.25, 0.3) is 0 Å². The number of hydrogen-bond donors (Lipinski definition) is 2. The predicted octanol–water partition coefficient (Wildman–Crippen LogP) is 2.63. The number of benzene rings is 2. The van der Waals surface area contributed by atoms with Crippen molar-refractivity contribution in [1.82, 2.24) is 10.6 Å². The Bertz CT molecular complexity index is 811. The Morgan fingerprint density at radius 2 is 1.58 bits per heavy atom. The normalized spacial score (nSPS) is 16.8. The van der Waals surface area contributed by atoms with Gasteiger partial charge in [0.05, 0.1) is 0 Å². The zero-order chi connectivity index (χ0) is 18.4. The van der Waals surface area contributed by atoms with Crippen LogP contribution in [0.25, 0.3) is 0 Å². The molecule has 26 heavy (non-hydrogen) atoms. The van der Waals surface area contributed by atoms with Crippen LogP contribution in [-0.2, 0) is 17.9 Å². The molecule has 4 nitrogen and oxygen atoms in total. The molecule has 0 radical (unpaired) electrons. The number of allylic oxidation sites excluding steroid dienone is 1. The molecule has 1 unspecified atom stereocenters. The van der Waals surface area contributed by atoms with E-state index in [0.717, 1.165) is 16.8 Å². The first-order valence-electron chi connectivity index (χ1n) is 8.84. The summed E-state index contributed by atoms with van der Waals surface area (Å²) in [5.41, 5.74) is 3.39. The molecule has 1 aliphatic rings. The summed E-state index contributed by atoms with van der Waals surface area (Å²) in [5, 5.41) is 18.7. The van der Waals surface area contributed by atoms with Crippen LogP contribution in [0, 0.1) is 5.92 Å². The van der Waals surface area contributed by atoms with Gasteiger partial charge in [-0.2, -0.15) is 0 Å². The van der Waals surface area contributed by atoms with Crippen molar-refractivity contribution >= 4 is 5.91 Å². The fraction of sp³-hybridized carbons (Fsp3) is 0.227. The Hall–Kier alpha value is -3.01. The first-order valence-corrected chi connectivity index (χ1v) is 8.84. The van der Waals surface area contributed by atoms with Gasteiger partial charge in [0.1, 0.15) is 0 Å². The lowest BCUT2D eigenvalue weighted by atomic mass is 9.91. The zero-order valence-electron chi connectivity index (χ0n) is 14.9. The van der Waals surface area contributed by atoms with Crippen molar-refractivity contribution in [2.75, 3.05) is 0 Å². The highest BCUT2D eigenvalue weighted by molar-refractivity contribution is 5.94. The van der Waals surface area contributed by atoms with E-state index in [9.17, 15) is 9.90 Å². The highest BCUT2D eigenvalue weighted by atomic mass is 16.3. The molecule has 0 aromatic heterocycles. The van der Waals surface area contributed by atoms with E-state index in [1.54, 1.807) is 0 Å². The predicted molar refractivity (Wildman–Crippen MR) is 100 cm³/mol. The Kier molecular flexibility index (Phi) is 5.74. The van der Waals surface area contributed by atoms with E-state index in [1.165, 1.54) is 0 Å². The van der Waals surface area contributed by atoms with Gasteiger partial charge in [0, 0.05) is 30.3 Å². The van der Waals surface area contributed by atoms with Gasteiger partial charge in [-0.25, -0.2) is 0 Å². The molecule has 1 atom stereocenters. The Balaban J connectivity index is 1.58. The van der Waals surface area contributed by atoms with E-state index < -0.39 is 0 Å². The Labute approximate surface area is 154 Å². The average molecular weight is 347 g/mol. The van der Waals surface area contributed by atoms with Crippen molar-refractivity contribution in [3.05, 3.63) is 94.9 Å². The maximum Gasteiger partial charge on any atom is 0.247 e. The largest absolute Gasteiger partial charge is 0.875 e. The summed E-state index contributed by atoms with van der Waals surface area (Å²) in [6, 6.07) is 19.7. The van der Waals surface area contributed by atoms with Gasteiger partial charge in [-0.15, -0.1) is 5.76 Å². The molecule has 1 amide bonds. The first kappa shape index (κ1) is 17.8. The monoisotopic (exact) mass is 347 g/mol. The molecule has 1 aliphatic carbocycles. The van der Waals surface area contributed by atoms with Gasteiger partial charge in [-0.3, -0.25) is 4.79 Å². The molecule has 0 saturated heterocycles. The van der Waals surface area contributed by atoms with Crippen molar-refractivity contribution < 1.29 is 9.90 Å². The minimum absolute atomic E-state index is 0.110. The Morgan fingerprint density at radius 1 is 1.00 bits per heavy atom. The summed E-state index contributed by atoms with van der Waals surface area (Å²) < 4.78 is 0. The summed E-state index contributed by atoms with van der Waals surface area (Å²) in [7, 11) is 0. The van der Waals surface area contributed by atoms with Gasteiger partial charge in [0.2, 0.25) is 5.91 Å². The molecule has 0 heterocycles. The van der Waals surface area contributed by atoms with Crippen LogP contribution >= 0.6 is 0 Å². The lowest BCUT2D eigenvalue weighted by molar-refractivity contribution is -0.307. The van der Waals surface area contributed by atoms with Gasteiger partial charge in [0.15, 0.2) is 0 Å². The fourth-order valence-corrected chi connectivity index (χ4v) is 3.11. The van der Waals surface area contributed by atoms with Crippen molar-refractivity contribution in [3.8, 4) is 0 Å².